The van der Waals surface area contributed by atoms with Crippen LogP contribution in [0.2, 0.25) is 0 Å². The van der Waals surface area contributed by atoms with E-state index in [9.17, 15) is 0 Å². The zero-order valence-corrected chi connectivity index (χ0v) is 7.48. The van der Waals surface area contributed by atoms with E-state index in [1.807, 2.05) is 0 Å². The van der Waals surface area contributed by atoms with E-state index < -0.39 is 0 Å². The van der Waals surface area contributed by atoms with Crippen LogP contribution in [-0.2, 0) is 0 Å². The van der Waals surface area contributed by atoms with Crippen molar-refractivity contribution in [3.05, 3.63) is 6.42 Å². The summed E-state index contributed by atoms with van der Waals surface area (Å²) in [5.41, 5.74) is 0.550. The van der Waals surface area contributed by atoms with Crippen molar-refractivity contribution in [2.45, 2.75) is 46.5 Å². The molecule has 0 aromatic rings. The Kier molecular flexibility index (Phi) is 5.33. The number of hydrogen-bond donors (Lipinski definition) is 0. The van der Waals surface area contributed by atoms with E-state index in [4.69, 9.17) is 0 Å². The van der Waals surface area contributed by atoms with Crippen LogP contribution in [0.25, 0.3) is 0 Å². The SMILES string of the molecule is CC(C)(C)C1CC[CH]CC1.[NaH]. The van der Waals surface area contributed by atoms with Crippen LogP contribution in [0.1, 0.15) is 46.5 Å². The Morgan fingerprint density at radius 3 is 1.82 bits per heavy atom. The Morgan fingerprint density at radius 2 is 1.55 bits per heavy atom. The van der Waals surface area contributed by atoms with E-state index in [0.717, 1.165) is 5.92 Å². The quantitative estimate of drug-likeness (QED) is 0.482. The summed E-state index contributed by atoms with van der Waals surface area (Å²) in [6.07, 6.45) is 7.97. The van der Waals surface area contributed by atoms with Crippen LogP contribution in [0.4, 0.5) is 0 Å². The summed E-state index contributed by atoms with van der Waals surface area (Å²) in [5.74, 6) is 0.970. The Morgan fingerprint density at radius 1 is 1.09 bits per heavy atom. The average Bonchev–Trinajstić information content (AvgIpc) is 1.88. The summed E-state index contributed by atoms with van der Waals surface area (Å²) < 4.78 is 0. The molecule has 0 saturated heterocycles. The Balaban J connectivity index is 0.000001000. The summed E-state index contributed by atoms with van der Waals surface area (Å²) in [4.78, 5) is 0. The van der Waals surface area contributed by atoms with Crippen molar-refractivity contribution >= 4 is 29.6 Å². The summed E-state index contributed by atoms with van der Waals surface area (Å²) in [6.45, 7) is 7.09. The van der Waals surface area contributed by atoms with E-state index in [0.29, 0.717) is 5.41 Å². The molecular formula is C10H20Na. The maximum absolute atomic E-state index is 2.43. The normalized spacial score (nSPS) is 21.0. The molecule has 0 aliphatic heterocycles. The third-order valence-electron chi connectivity index (χ3n) is 2.66. The van der Waals surface area contributed by atoms with Crippen molar-refractivity contribution in [1.82, 2.24) is 0 Å². The second-order valence-corrected chi connectivity index (χ2v) is 4.51. The Labute approximate surface area is 93.4 Å². The third kappa shape index (κ3) is 3.96. The van der Waals surface area contributed by atoms with Gasteiger partial charge in [0.05, 0.1) is 0 Å². The first-order chi connectivity index (χ1) is 4.61. The van der Waals surface area contributed by atoms with E-state index in [1.54, 1.807) is 0 Å². The Hall–Kier alpha value is 1.00. The van der Waals surface area contributed by atoms with Crippen LogP contribution in [0, 0.1) is 17.8 Å². The molecule has 1 rings (SSSR count). The van der Waals surface area contributed by atoms with Gasteiger partial charge in [-0.2, -0.15) is 0 Å². The molecule has 0 aromatic carbocycles. The van der Waals surface area contributed by atoms with E-state index in [-0.39, 0.29) is 29.6 Å². The summed E-state index contributed by atoms with van der Waals surface area (Å²) in [7, 11) is 0. The number of rotatable bonds is 0. The molecule has 1 saturated carbocycles. The third-order valence-corrected chi connectivity index (χ3v) is 2.66. The molecule has 11 heavy (non-hydrogen) atoms. The van der Waals surface area contributed by atoms with Gasteiger partial charge in [0.15, 0.2) is 0 Å². The van der Waals surface area contributed by atoms with Gasteiger partial charge >= 0.3 is 29.6 Å². The van der Waals surface area contributed by atoms with Gasteiger partial charge in [-0.25, -0.2) is 0 Å². The zero-order chi connectivity index (χ0) is 7.61. The Bertz CT molecular complexity index is 95.9. The fourth-order valence-electron chi connectivity index (χ4n) is 1.79. The van der Waals surface area contributed by atoms with Crippen molar-refractivity contribution in [2.75, 3.05) is 0 Å². The predicted octanol–water partition coefficient (Wildman–Crippen LogP) is 2.78. The molecule has 0 unspecified atom stereocenters. The van der Waals surface area contributed by atoms with Gasteiger partial charge in [0, 0.05) is 0 Å². The first-order valence-electron chi connectivity index (χ1n) is 4.42. The molecule has 0 amide bonds. The number of hydrogen-bond acceptors (Lipinski definition) is 0. The molecule has 0 spiro atoms. The standard InChI is InChI=1S/C10H19.Na.H/c1-10(2,3)9-7-5-4-6-8-9;;/h4,9H,5-8H2,1-3H3;;. The molecule has 1 aliphatic carbocycles. The second kappa shape index (κ2) is 4.89. The van der Waals surface area contributed by atoms with Crippen LogP contribution in [0.15, 0.2) is 0 Å². The minimum absolute atomic E-state index is 0. The summed E-state index contributed by atoms with van der Waals surface area (Å²) in [5, 5.41) is 0. The van der Waals surface area contributed by atoms with Gasteiger partial charge in [-0.05, 0) is 43.4 Å². The minimum atomic E-state index is 0. The molecule has 0 atom stereocenters. The van der Waals surface area contributed by atoms with Crippen molar-refractivity contribution in [1.29, 1.82) is 0 Å². The molecule has 1 heteroatoms. The first kappa shape index (κ1) is 12.0. The van der Waals surface area contributed by atoms with Gasteiger partial charge in [-0.3, -0.25) is 0 Å². The zero-order valence-electron chi connectivity index (χ0n) is 7.48. The molecule has 0 N–H and O–H groups in total. The molecule has 1 fully saturated rings. The van der Waals surface area contributed by atoms with Crippen molar-refractivity contribution in [2.24, 2.45) is 11.3 Å². The second-order valence-electron chi connectivity index (χ2n) is 4.51. The van der Waals surface area contributed by atoms with E-state index in [2.05, 4.69) is 27.2 Å². The maximum atomic E-state index is 2.43. The molecular weight excluding hydrogens is 143 g/mol. The monoisotopic (exact) mass is 163 g/mol. The molecule has 61 valence electrons. The molecule has 1 radical (unpaired) electrons. The van der Waals surface area contributed by atoms with Crippen molar-refractivity contribution in [3.63, 3.8) is 0 Å². The molecule has 0 aromatic heterocycles. The average molecular weight is 163 g/mol. The van der Waals surface area contributed by atoms with Crippen LogP contribution in [-0.4, -0.2) is 29.6 Å². The summed E-state index contributed by atoms with van der Waals surface area (Å²) in [6, 6.07) is 0. The van der Waals surface area contributed by atoms with Gasteiger partial charge < -0.3 is 0 Å². The van der Waals surface area contributed by atoms with Gasteiger partial charge in [-0.15, -0.1) is 0 Å². The topological polar surface area (TPSA) is 0 Å². The van der Waals surface area contributed by atoms with E-state index >= 15 is 0 Å². The van der Waals surface area contributed by atoms with E-state index in [1.165, 1.54) is 25.7 Å². The molecule has 0 nitrogen and oxygen atoms in total. The van der Waals surface area contributed by atoms with Gasteiger partial charge in [-0.1, -0.05) is 20.8 Å². The van der Waals surface area contributed by atoms with Crippen molar-refractivity contribution < 1.29 is 0 Å². The van der Waals surface area contributed by atoms with Gasteiger partial charge in [0.2, 0.25) is 0 Å². The van der Waals surface area contributed by atoms with Crippen LogP contribution in [0.3, 0.4) is 0 Å². The molecule has 0 heterocycles. The van der Waals surface area contributed by atoms with Gasteiger partial charge in [0.25, 0.3) is 0 Å². The predicted molar refractivity (Wildman–Crippen MR) is 52.9 cm³/mol. The first-order valence-corrected chi connectivity index (χ1v) is 4.42. The fraction of sp³-hybridized carbons (Fsp3) is 0.900. The summed E-state index contributed by atoms with van der Waals surface area (Å²) >= 11 is 0. The van der Waals surface area contributed by atoms with Crippen LogP contribution >= 0.6 is 0 Å². The van der Waals surface area contributed by atoms with Crippen LogP contribution in [0.5, 0.6) is 0 Å². The van der Waals surface area contributed by atoms with Crippen molar-refractivity contribution in [3.8, 4) is 0 Å². The molecule has 0 bridgehead atoms. The fourth-order valence-corrected chi connectivity index (χ4v) is 1.79. The van der Waals surface area contributed by atoms with Crippen LogP contribution < -0.4 is 0 Å². The van der Waals surface area contributed by atoms with Gasteiger partial charge in [0.1, 0.15) is 0 Å². The molecule has 1 aliphatic rings.